The van der Waals surface area contributed by atoms with E-state index in [4.69, 9.17) is 13.9 Å². The number of nitrogens with zero attached hydrogens (tertiary/aromatic N) is 3. The Morgan fingerprint density at radius 2 is 1.81 bits per heavy atom. The maximum Gasteiger partial charge on any atom is 0.298 e. The molecule has 0 radical (unpaired) electrons. The van der Waals surface area contributed by atoms with Crippen LogP contribution in [-0.4, -0.2) is 50.3 Å². The minimum Gasteiger partial charge on any atom is -0.497 e. The molecule has 26 heavy (non-hydrogen) atoms. The molecule has 2 aromatic carbocycles. The molecule has 1 aliphatic heterocycles. The predicted octanol–water partition coefficient (Wildman–Crippen LogP) is 3.17. The Balaban J connectivity index is 1.42. The number of methoxy groups -OCH3 is 2. The van der Waals surface area contributed by atoms with E-state index < -0.39 is 0 Å². The third-order valence-electron chi connectivity index (χ3n) is 4.81. The van der Waals surface area contributed by atoms with Gasteiger partial charge in [0, 0.05) is 38.3 Å². The maximum absolute atomic E-state index is 5.89. The predicted molar refractivity (Wildman–Crippen MR) is 101 cm³/mol. The van der Waals surface area contributed by atoms with E-state index >= 15 is 0 Å². The Hall–Kier alpha value is -2.73. The largest absolute Gasteiger partial charge is 0.497 e. The van der Waals surface area contributed by atoms with Crippen molar-refractivity contribution in [2.75, 3.05) is 45.3 Å². The van der Waals surface area contributed by atoms with Crippen molar-refractivity contribution in [1.82, 2.24) is 9.88 Å². The van der Waals surface area contributed by atoms with E-state index in [-0.39, 0.29) is 0 Å². The highest BCUT2D eigenvalue weighted by Crippen LogP contribution is 2.27. The van der Waals surface area contributed by atoms with Crippen molar-refractivity contribution in [2.45, 2.75) is 6.54 Å². The molecule has 1 saturated heterocycles. The molecule has 3 aromatic rings. The van der Waals surface area contributed by atoms with Gasteiger partial charge in [0.2, 0.25) is 0 Å². The fourth-order valence-corrected chi connectivity index (χ4v) is 3.34. The van der Waals surface area contributed by atoms with Crippen molar-refractivity contribution in [3.05, 3.63) is 48.0 Å². The number of rotatable bonds is 5. The molecule has 0 N–H and O–H groups in total. The van der Waals surface area contributed by atoms with Gasteiger partial charge in [0.25, 0.3) is 6.01 Å². The number of ether oxygens (including phenoxy) is 2. The van der Waals surface area contributed by atoms with Crippen molar-refractivity contribution in [3.8, 4) is 11.5 Å². The van der Waals surface area contributed by atoms with Crippen molar-refractivity contribution in [3.63, 3.8) is 0 Å². The number of piperazine rings is 1. The van der Waals surface area contributed by atoms with Gasteiger partial charge in [0.15, 0.2) is 5.58 Å². The minimum absolute atomic E-state index is 0.713. The van der Waals surface area contributed by atoms with Crippen LogP contribution in [0.25, 0.3) is 11.1 Å². The van der Waals surface area contributed by atoms with Crippen molar-refractivity contribution in [2.24, 2.45) is 0 Å². The van der Waals surface area contributed by atoms with Gasteiger partial charge in [-0.05, 0) is 30.3 Å². The molecular weight excluding hydrogens is 330 g/mol. The van der Waals surface area contributed by atoms with Gasteiger partial charge in [-0.3, -0.25) is 4.90 Å². The Morgan fingerprint density at radius 3 is 2.54 bits per heavy atom. The van der Waals surface area contributed by atoms with E-state index in [1.54, 1.807) is 14.2 Å². The average molecular weight is 353 g/mol. The fraction of sp³-hybridized carbons (Fsp3) is 0.350. The van der Waals surface area contributed by atoms with Crippen LogP contribution < -0.4 is 14.4 Å². The summed E-state index contributed by atoms with van der Waals surface area (Å²) >= 11 is 0. The topological polar surface area (TPSA) is 51.0 Å². The van der Waals surface area contributed by atoms with Gasteiger partial charge in [0.1, 0.15) is 17.0 Å². The molecule has 2 heterocycles. The summed E-state index contributed by atoms with van der Waals surface area (Å²) in [7, 11) is 3.39. The first-order valence-electron chi connectivity index (χ1n) is 8.80. The Kier molecular flexibility index (Phi) is 4.67. The number of hydrogen-bond acceptors (Lipinski definition) is 6. The lowest BCUT2D eigenvalue weighted by molar-refractivity contribution is 0.241. The number of aromatic nitrogens is 1. The van der Waals surface area contributed by atoms with Crippen LogP contribution in [0.4, 0.5) is 6.01 Å². The second-order valence-electron chi connectivity index (χ2n) is 6.41. The van der Waals surface area contributed by atoms with Crippen LogP contribution in [0.5, 0.6) is 11.5 Å². The van der Waals surface area contributed by atoms with E-state index in [1.807, 2.05) is 42.5 Å². The highest BCUT2D eigenvalue weighted by molar-refractivity contribution is 5.74. The Labute approximate surface area is 152 Å². The van der Waals surface area contributed by atoms with E-state index in [0.29, 0.717) is 6.01 Å². The molecule has 1 aliphatic rings. The molecule has 1 aromatic heterocycles. The van der Waals surface area contributed by atoms with Crippen LogP contribution >= 0.6 is 0 Å². The molecular formula is C20H23N3O3. The monoisotopic (exact) mass is 353 g/mol. The first kappa shape index (κ1) is 16.7. The van der Waals surface area contributed by atoms with Crippen LogP contribution in [0.2, 0.25) is 0 Å². The second-order valence-corrected chi connectivity index (χ2v) is 6.41. The fourth-order valence-electron chi connectivity index (χ4n) is 3.34. The third kappa shape index (κ3) is 3.32. The van der Waals surface area contributed by atoms with Crippen LogP contribution in [-0.2, 0) is 6.54 Å². The zero-order valence-corrected chi connectivity index (χ0v) is 15.1. The molecule has 0 bridgehead atoms. The molecule has 0 saturated carbocycles. The van der Waals surface area contributed by atoms with Crippen LogP contribution in [0.3, 0.4) is 0 Å². The van der Waals surface area contributed by atoms with E-state index in [2.05, 4.69) is 14.8 Å². The summed E-state index contributed by atoms with van der Waals surface area (Å²) in [5.41, 5.74) is 2.89. The smallest absolute Gasteiger partial charge is 0.298 e. The van der Waals surface area contributed by atoms with Crippen molar-refractivity contribution < 1.29 is 13.9 Å². The van der Waals surface area contributed by atoms with Gasteiger partial charge < -0.3 is 18.8 Å². The summed E-state index contributed by atoms with van der Waals surface area (Å²) < 4.78 is 16.7. The number of oxazole rings is 1. The summed E-state index contributed by atoms with van der Waals surface area (Å²) in [5.74, 6) is 1.75. The van der Waals surface area contributed by atoms with E-state index in [1.165, 1.54) is 0 Å². The molecule has 0 atom stereocenters. The first-order chi connectivity index (χ1) is 12.8. The highest BCUT2D eigenvalue weighted by atomic mass is 16.5. The van der Waals surface area contributed by atoms with E-state index in [0.717, 1.165) is 60.9 Å². The lowest BCUT2D eigenvalue weighted by Crippen LogP contribution is -2.46. The van der Waals surface area contributed by atoms with Gasteiger partial charge >= 0.3 is 0 Å². The molecule has 1 fully saturated rings. The normalized spacial score (nSPS) is 15.4. The zero-order chi connectivity index (χ0) is 17.9. The number of fused-ring (bicyclic) bond motifs is 1. The van der Waals surface area contributed by atoms with E-state index in [9.17, 15) is 0 Å². The molecule has 0 unspecified atom stereocenters. The quantitative estimate of drug-likeness (QED) is 0.702. The number of hydrogen-bond donors (Lipinski definition) is 0. The molecule has 4 rings (SSSR count). The molecule has 6 nitrogen and oxygen atoms in total. The molecule has 0 amide bonds. The lowest BCUT2D eigenvalue weighted by atomic mass is 10.1. The summed E-state index contributed by atoms with van der Waals surface area (Å²) in [4.78, 5) is 9.22. The van der Waals surface area contributed by atoms with Gasteiger partial charge in [0.05, 0.1) is 14.2 Å². The molecule has 0 spiro atoms. The number of benzene rings is 2. The molecule has 6 heteroatoms. The van der Waals surface area contributed by atoms with Crippen LogP contribution in [0.1, 0.15) is 5.56 Å². The second kappa shape index (κ2) is 7.25. The average Bonchev–Trinajstić information content (AvgIpc) is 3.12. The first-order valence-corrected chi connectivity index (χ1v) is 8.80. The maximum atomic E-state index is 5.89. The number of para-hydroxylation sites is 2. The van der Waals surface area contributed by atoms with Gasteiger partial charge in [-0.1, -0.05) is 12.1 Å². The van der Waals surface area contributed by atoms with Crippen molar-refractivity contribution >= 4 is 17.1 Å². The summed E-state index contributed by atoms with van der Waals surface area (Å²) in [6.07, 6.45) is 0. The SMILES string of the molecule is COc1ccc(OC)c(CN2CCN(c3nc4ccccc4o3)CC2)c1. The molecule has 0 aliphatic carbocycles. The van der Waals surface area contributed by atoms with Crippen molar-refractivity contribution in [1.29, 1.82) is 0 Å². The molecule has 136 valence electrons. The lowest BCUT2D eigenvalue weighted by Gasteiger charge is -2.34. The van der Waals surface area contributed by atoms with Gasteiger partial charge in [-0.15, -0.1) is 0 Å². The summed E-state index contributed by atoms with van der Waals surface area (Å²) in [6.45, 7) is 4.50. The van der Waals surface area contributed by atoms with Gasteiger partial charge in [-0.2, -0.15) is 4.98 Å². The highest BCUT2D eigenvalue weighted by Gasteiger charge is 2.22. The van der Waals surface area contributed by atoms with Crippen LogP contribution in [0.15, 0.2) is 46.9 Å². The van der Waals surface area contributed by atoms with Crippen LogP contribution in [0, 0.1) is 0 Å². The number of anilines is 1. The standard InChI is InChI=1S/C20H23N3O3/c1-24-16-7-8-18(25-2)15(13-16)14-22-9-11-23(12-10-22)20-21-17-5-3-4-6-19(17)26-20/h3-8,13H,9-12,14H2,1-2H3. The minimum atomic E-state index is 0.713. The summed E-state index contributed by atoms with van der Waals surface area (Å²) in [6, 6.07) is 14.5. The third-order valence-corrected chi connectivity index (χ3v) is 4.81. The Bertz CT molecular complexity index is 852. The Morgan fingerprint density at radius 1 is 1.00 bits per heavy atom. The zero-order valence-electron chi connectivity index (χ0n) is 15.1. The van der Waals surface area contributed by atoms with Gasteiger partial charge in [-0.25, -0.2) is 0 Å². The summed E-state index contributed by atoms with van der Waals surface area (Å²) in [5, 5.41) is 0.